The topological polar surface area (TPSA) is 59.0 Å². The molecule has 0 bridgehead atoms. The van der Waals surface area contributed by atoms with Crippen molar-refractivity contribution in [3.63, 3.8) is 0 Å². The van der Waals surface area contributed by atoms with Crippen LogP contribution < -0.4 is 10.5 Å². The average molecular weight is 266 g/mol. The Morgan fingerprint density at radius 2 is 1.90 bits per heavy atom. The van der Waals surface area contributed by atoms with Gasteiger partial charge in [-0.2, -0.15) is 5.26 Å². The van der Waals surface area contributed by atoms with Crippen molar-refractivity contribution < 1.29 is 4.74 Å². The van der Waals surface area contributed by atoms with Gasteiger partial charge in [0.2, 0.25) is 0 Å². The Morgan fingerprint density at radius 3 is 2.45 bits per heavy atom. The Bertz CT molecular complexity index is 626. The average Bonchev–Trinajstić information content (AvgIpc) is 2.49. The first kappa shape index (κ1) is 14.0. The summed E-state index contributed by atoms with van der Waals surface area (Å²) in [4.78, 5) is 0. The summed E-state index contributed by atoms with van der Waals surface area (Å²) in [5.41, 5.74) is 9.41. The van der Waals surface area contributed by atoms with E-state index >= 15 is 0 Å². The van der Waals surface area contributed by atoms with Crippen molar-refractivity contribution in [2.75, 3.05) is 12.8 Å². The van der Waals surface area contributed by atoms with Crippen LogP contribution in [0.25, 0.3) is 0 Å². The lowest BCUT2D eigenvalue weighted by molar-refractivity contribution is 0.409. The van der Waals surface area contributed by atoms with Crippen LogP contribution in [0.15, 0.2) is 42.5 Å². The molecule has 0 aliphatic heterocycles. The third kappa shape index (κ3) is 2.75. The van der Waals surface area contributed by atoms with Gasteiger partial charge in [-0.15, -0.1) is 0 Å². The number of benzene rings is 2. The molecule has 0 amide bonds. The summed E-state index contributed by atoms with van der Waals surface area (Å²) in [6, 6.07) is 15.8. The first-order valence-electron chi connectivity index (χ1n) is 6.61. The van der Waals surface area contributed by atoms with E-state index in [1.54, 1.807) is 7.11 Å². The van der Waals surface area contributed by atoms with Crippen LogP contribution >= 0.6 is 0 Å². The number of nitrogen functional groups attached to an aromatic ring is 1. The lowest BCUT2D eigenvalue weighted by Crippen LogP contribution is -2.02. The standard InChI is InChI=1S/C17H18N2O/c1-3-12-4-9-17(20-2)15(10-12)16(11-18)13-5-7-14(19)8-6-13/h4-10,16H,3,19H2,1-2H3. The summed E-state index contributed by atoms with van der Waals surface area (Å²) in [5, 5.41) is 9.55. The van der Waals surface area contributed by atoms with Gasteiger partial charge in [0.05, 0.1) is 19.1 Å². The Hall–Kier alpha value is -2.47. The highest BCUT2D eigenvalue weighted by atomic mass is 16.5. The van der Waals surface area contributed by atoms with E-state index in [1.165, 1.54) is 5.56 Å². The zero-order valence-corrected chi connectivity index (χ0v) is 11.8. The van der Waals surface area contributed by atoms with Gasteiger partial charge >= 0.3 is 0 Å². The van der Waals surface area contributed by atoms with Crippen LogP contribution in [0.5, 0.6) is 5.75 Å². The molecule has 0 saturated carbocycles. The maximum Gasteiger partial charge on any atom is 0.123 e. The van der Waals surface area contributed by atoms with Crippen molar-refractivity contribution in [1.82, 2.24) is 0 Å². The molecule has 0 heterocycles. The van der Waals surface area contributed by atoms with Gasteiger partial charge in [0.25, 0.3) is 0 Å². The Kier molecular flexibility index (Phi) is 4.27. The zero-order chi connectivity index (χ0) is 14.5. The van der Waals surface area contributed by atoms with Crippen LogP contribution in [0.3, 0.4) is 0 Å². The van der Waals surface area contributed by atoms with Gasteiger partial charge in [0.1, 0.15) is 5.75 Å². The molecule has 1 unspecified atom stereocenters. The Balaban J connectivity index is 2.51. The molecule has 2 N–H and O–H groups in total. The molecule has 2 rings (SSSR count). The summed E-state index contributed by atoms with van der Waals surface area (Å²) in [6.07, 6.45) is 0.927. The van der Waals surface area contributed by atoms with Crippen LogP contribution in [-0.2, 0) is 6.42 Å². The van der Waals surface area contributed by atoms with E-state index in [-0.39, 0.29) is 5.92 Å². The van der Waals surface area contributed by atoms with Gasteiger partial charge in [-0.05, 0) is 35.7 Å². The second-order valence-electron chi connectivity index (χ2n) is 4.66. The molecule has 3 nitrogen and oxygen atoms in total. The largest absolute Gasteiger partial charge is 0.496 e. The molecule has 2 aromatic carbocycles. The first-order chi connectivity index (χ1) is 9.69. The molecule has 102 valence electrons. The molecule has 0 aliphatic rings. The molecule has 2 aromatic rings. The number of hydrogen-bond acceptors (Lipinski definition) is 3. The Labute approximate surface area is 119 Å². The summed E-state index contributed by atoms with van der Waals surface area (Å²) >= 11 is 0. The number of nitriles is 1. The van der Waals surface area contributed by atoms with E-state index in [2.05, 4.69) is 13.0 Å². The number of methoxy groups -OCH3 is 1. The number of ether oxygens (including phenoxy) is 1. The fourth-order valence-electron chi connectivity index (χ4n) is 2.24. The monoisotopic (exact) mass is 266 g/mol. The second-order valence-corrected chi connectivity index (χ2v) is 4.66. The van der Waals surface area contributed by atoms with E-state index in [4.69, 9.17) is 10.5 Å². The highest BCUT2D eigenvalue weighted by molar-refractivity contribution is 5.50. The number of nitrogens with two attached hydrogens (primary N) is 1. The number of aryl methyl sites for hydroxylation is 1. The predicted octanol–water partition coefficient (Wildman–Crippen LogP) is 3.50. The third-order valence-electron chi connectivity index (χ3n) is 3.41. The van der Waals surface area contributed by atoms with Gasteiger partial charge < -0.3 is 10.5 Å². The molecule has 0 aromatic heterocycles. The quantitative estimate of drug-likeness (QED) is 0.862. The minimum atomic E-state index is -0.350. The van der Waals surface area contributed by atoms with E-state index in [0.717, 1.165) is 23.3 Å². The van der Waals surface area contributed by atoms with E-state index in [9.17, 15) is 5.26 Å². The molecule has 0 spiro atoms. The van der Waals surface area contributed by atoms with Gasteiger partial charge in [-0.3, -0.25) is 0 Å². The first-order valence-corrected chi connectivity index (χ1v) is 6.61. The van der Waals surface area contributed by atoms with Gasteiger partial charge in [0, 0.05) is 11.3 Å². The predicted molar refractivity (Wildman–Crippen MR) is 80.7 cm³/mol. The smallest absolute Gasteiger partial charge is 0.123 e. The van der Waals surface area contributed by atoms with Crippen molar-refractivity contribution in [2.45, 2.75) is 19.3 Å². The summed E-state index contributed by atoms with van der Waals surface area (Å²) in [7, 11) is 1.63. The van der Waals surface area contributed by atoms with Crippen LogP contribution in [-0.4, -0.2) is 7.11 Å². The minimum absolute atomic E-state index is 0.350. The van der Waals surface area contributed by atoms with Crippen molar-refractivity contribution in [2.24, 2.45) is 0 Å². The minimum Gasteiger partial charge on any atom is -0.496 e. The maximum absolute atomic E-state index is 9.55. The molecule has 3 heteroatoms. The van der Waals surface area contributed by atoms with E-state index in [0.29, 0.717) is 5.69 Å². The van der Waals surface area contributed by atoms with Gasteiger partial charge in [-0.1, -0.05) is 31.2 Å². The fourth-order valence-corrected chi connectivity index (χ4v) is 2.24. The van der Waals surface area contributed by atoms with Crippen LogP contribution in [0.1, 0.15) is 29.5 Å². The van der Waals surface area contributed by atoms with Crippen LogP contribution in [0.2, 0.25) is 0 Å². The second kappa shape index (κ2) is 6.12. The maximum atomic E-state index is 9.55. The lowest BCUT2D eigenvalue weighted by Gasteiger charge is -2.15. The highest BCUT2D eigenvalue weighted by Crippen LogP contribution is 2.32. The summed E-state index contributed by atoms with van der Waals surface area (Å²) in [6.45, 7) is 2.09. The zero-order valence-electron chi connectivity index (χ0n) is 11.8. The lowest BCUT2D eigenvalue weighted by atomic mass is 9.90. The van der Waals surface area contributed by atoms with E-state index in [1.807, 2.05) is 42.5 Å². The molecule has 20 heavy (non-hydrogen) atoms. The summed E-state index contributed by atoms with van der Waals surface area (Å²) in [5.74, 6) is 0.391. The number of anilines is 1. The molecule has 0 saturated heterocycles. The summed E-state index contributed by atoms with van der Waals surface area (Å²) < 4.78 is 5.40. The van der Waals surface area contributed by atoms with Gasteiger partial charge in [-0.25, -0.2) is 0 Å². The number of nitrogens with zero attached hydrogens (tertiary/aromatic N) is 1. The highest BCUT2D eigenvalue weighted by Gasteiger charge is 2.18. The molecule has 1 atom stereocenters. The van der Waals surface area contributed by atoms with Crippen LogP contribution in [0, 0.1) is 11.3 Å². The Morgan fingerprint density at radius 1 is 1.20 bits per heavy atom. The molecular formula is C17H18N2O. The van der Waals surface area contributed by atoms with Gasteiger partial charge in [0.15, 0.2) is 0 Å². The number of hydrogen-bond donors (Lipinski definition) is 1. The fraction of sp³-hybridized carbons (Fsp3) is 0.235. The third-order valence-corrected chi connectivity index (χ3v) is 3.41. The molecule has 0 fully saturated rings. The van der Waals surface area contributed by atoms with E-state index < -0.39 is 0 Å². The number of rotatable bonds is 4. The van der Waals surface area contributed by atoms with Crippen molar-refractivity contribution in [3.05, 3.63) is 59.2 Å². The normalized spacial score (nSPS) is 11.7. The van der Waals surface area contributed by atoms with Crippen molar-refractivity contribution >= 4 is 5.69 Å². The van der Waals surface area contributed by atoms with Crippen molar-refractivity contribution in [3.8, 4) is 11.8 Å². The molecule has 0 aliphatic carbocycles. The van der Waals surface area contributed by atoms with Crippen LogP contribution in [0.4, 0.5) is 5.69 Å². The SMILES string of the molecule is CCc1ccc(OC)c(C(C#N)c2ccc(N)cc2)c1. The van der Waals surface area contributed by atoms with Crippen molar-refractivity contribution in [1.29, 1.82) is 5.26 Å². The molecule has 0 radical (unpaired) electrons. The molecular weight excluding hydrogens is 248 g/mol.